The molecule has 0 aromatic rings. The van der Waals surface area contributed by atoms with Crippen molar-refractivity contribution in [1.29, 1.82) is 0 Å². The van der Waals surface area contributed by atoms with Gasteiger partial charge in [0.2, 0.25) is 11.8 Å². The van der Waals surface area contributed by atoms with Gasteiger partial charge in [-0.05, 0) is 54.6 Å². The summed E-state index contributed by atoms with van der Waals surface area (Å²) in [6.45, 7) is 10.6. The van der Waals surface area contributed by atoms with Crippen LogP contribution in [0.25, 0.3) is 0 Å². The smallest absolute Gasteiger partial charge is 0.220 e. The first kappa shape index (κ1) is 25.4. The lowest BCUT2D eigenvalue weighted by molar-refractivity contribution is -0.124. The Morgan fingerprint density at radius 2 is 1.67 bits per heavy atom. The van der Waals surface area contributed by atoms with E-state index in [-0.39, 0.29) is 23.5 Å². The first-order valence-electron chi connectivity index (χ1n) is 9.60. The Kier molecular flexibility index (Phi) is 11.9. The van der Waals surface area contributed by atoms with Crippen LogP contribution in [0, 0.1) is 11.8 Å². The maximum atomic E-state index is 11.9. The largest absolute Gasteiger partial charge is 0.375 e. The molecule has 0 fully saturated rings. The molecule has 0 aliphatic carbocycles. The summed E-state index contributed by atoms with van der Waals surface area (Å²) in [5.41, 5.74) is -0.713. The first-order chi connectivity index (χ1) is 12.5. The van der Waals surface area contributed by atoms with Crippen LogP contribution in [0.4, 0.5) is 0 Å². The zero-order chi connectivity index (χ0) is 20.9. The van der Waals surface area contributed by atoms with Gasteiger partial charge < -0.3 is 15.4 Å². The molecule has 0 atom stereocenters. The highest BCUT2D eigenvalue weighted by atomic mass is 16.5. The zero-order valence-electron chi connectivity index (χ0n) is 18.0. The second kappa shape index (κ2) is 12.7. The van der Waals surface area contributed by atoms with Gasteiger partial charge in [-0.1, -0.05) is 18.8 Å². The fourth-order valence-corrected chi connectivity index (χ4v) is 2.27. The molecule has 156 valence electrons. The average Bonchev–Trinajstić information content (AvgIpc) is 2.59. The van der Waals surface area contributed by atoms with Crippen LogP contribution < -0.4 is 21.3 Å². The third-order valence-electron chi connectivity index (χ3n) is 4.17. The van der Waals surface area contributed by atoms with E-state index in [2.05, 4.69) is 33.1 Å². The SMILES string of the molecule is CCC(=O)NC(C)(C)CCOC(C)(C)CCC(=O)NCC#CC(NC)NC. The second-order valence-corrected chi connectivity index (χ2v) is 7.75. The van der Waals surface area contributed by atoms with E-state index >= 15 is 0 Å². The Hall–Kier alpha value is -1.62. The highest BCUT2D eigenvalue weighted by Gasteiger charge is 2.23. The molecule has 0 radical (unpaired) electrons. The van der Waals surface area contributed by atoms with Gasteiger partial charge in [0.1, 0.15) is 6.17 Å². The van der Waals surface area contributed by atoms with Gasteiger partial charge in [-0.3, -0.25) is 20.2 Å². The van der Waals surface area contributed by atoms with Crippen LogP contribution in [0.2, 0.25) is 0 Å². The maximum absolute atomic E-state index is 11.9. The molecule has 0 aromatic carbocycles. The van der Waals surface area contributed by atoms with Crippen LogP contribution in [0.15, 0.2) is 0 Å². The summed E-state index contributed by atoms with van der Waals surface area (Å²) in [6.07, 6.45) is 2.10. The van der Waals surface area contributed by atoms with E-state index in [9.17, 15) is 9.59 Å². The quantitative estimate of drug-likeness (QED) is 0.300. The molecule has 27 heavy (non-hydrogen) atoms. The molecule has 0 spiro atoms. The van der Waals surface area contributed by atoms with E-state index in [0.29, 0.717) is 38.8 Å². The van der Waals surface area contributed by atoms with E-state index in [1.165, 1.54) is 0 Å². The molecule has 0 saturated heterocycles. The van der Waals surface area contributed by atoms with E-state index in [0.717, 1.165) is 0 Å². The molecule has 4 N–H and O–H groups in total. The van der Waals surface area contributed by atoms with Gasteiger partial charge in [-0.15, -0.1) is 0 Å². The molecule has 0 heterocycles. The monoisotopic (exact) mass is 382 g/mol. The number of ether oxygens (including phenoxy) is 1. The van der Waals surface area contributed by atoms with E-state index in [1.807, 2.05) is 48.7 Å². The highest BCUT2D eigenvalue weighted by Crippen LogP contribution is 2.19. The summed E-state index contributed by atoms with van der Waals surface area (Å²) in [4.78, 5) is 23.5. The van der Waals surface area contributed by atoms with Crippen LogP contribution in [0.1, 0.15) is 60.3 Å². The number of rotatable bonds is 12. The minimum Gasteiger partial charge on any atom is -0.375 e. The van der Waals surface area contributed by atoms with Gasteiger partial charge in [0.15, 0.2) is 0 Å². The number of amides is 2. The van der Waals surface area contributed by atoms with E-state index in [4.69, 9.17) is 4.74 Å². The lowest BCUT2D eigenvalue weighted by Gasteiger charge is -2.30. The summed E-state index contributed by atoms with van der Waals surface area (Å²) >= 11 is 0. The average molecular weight is 383 g/mol. The molecule has 7 heteroatoms. The van der Waals surface area contributed by atoms with E-state index < -0.39 is 5.60 Å². The van der Waals surface area contributed by atoms with Crippen molar-refractivity contribution in [1.82, 2.24) is 21.3 Å². The number of hydrogen-bond acceptors (Lipinski definition) is 5. The van der Waals surface area contributed by atoms with Crippen molar-refractivity contribution in [3.05, 3.63) is 0 Å². The fourth-order valence-electron chi connectivity index (χ4n) is 2.27. The number of carbonyl (C=O) groups is 2. The summed E-state index contributed by atoms with van der Waals surface area (Å²) in [5, 5.41) is 11.8. The topological polar surface area (TPSA) is 91.5 Å². The number of carbonyl (C=O) groups excluding carboxylic acids is 2. The second-order valence-electron chi connectivity index (χ2n) is 7.75. The van der Waals surface area contributed by atoms with Gasteiger partial charge in [0.05, 0.1) is 12.1 Å². The standard InChI is InChI=1S/C20H38N4O3/c1-8-17(25)24-19(2,3)13-15-27-20(4,5)12-11-18(26)23-14-9-10-16(21-6)22-7/h16,21-22H,8,11-15H2,1-7H3,(H,23,26)(H,24,25). The van der Waals surface area contributed by atoms with Crippen molar-refractivity contribution in [2.75, 3.05) is 27.2 Å². The molecule has 7 nitrogen and oxygen atoms in total. The molecule has 2 amide bonds. The predicted octanol–water partition coefficient (Wildman–Crippen LogP) is 1.14. The lowest BCUT2D eigenvalue weighted by atomic mass is 9.99. The Morgan fingerprint density at radius 1 is 1.04 bits per heavy atom. The summed E-state index contributed by atoms with van der Waals surface area (Å²) < 4.78 is 5.94. The van der Waals surface area contributed by atoms with Crippen molar-refractivity contribution < 1.29 is 14.3 Å². The third-order valence-corrected chi connectivity index (χ3v) is 4.17. The van der Waals surface area contributed by atoms with Crippen LogP contribution in [-0.4, -0.2) is 56.4 Å². The van der Waals surface area contributed by atoms with Crippen LogP contribution >= 0.6 is 0 Å². The molecule has 0 bridgehead atoms. The highest BCUT2D eigenvalue weighted by molar-refractivity contribution is 5.76. The van der Waals surface area contributed by atoms with Crippen LogP contribution in [0.3, 0.4) is 0 Å². The Labute approximate surface area is 164 Å². The van der Waals surface area contributed by atoms with Crippen molar-refractivity contribution in [2.24, 2.45) is 0 Å². The molecule has 0 rings (SSSR count). The molecular formula is C20H38N4O3. The lowest BCUT2D eigenvalue weighted by Crippen LogP contribution is -2.44. The van der Waals surface area contributed by atoms with Crippen molar-refractivity contribution in [2.45, 2.75) is 77.6 Å². The zero-order valence-corrected chi connectivity index (χ0v) is 18.0. The Balaban J connectivity index is 4.14. The van der Waals surface area contributed by atoms with Gasteiger partial charge in [-0.25, -0.2) is 0 Å². The van der Waals surface area contributed by atoms with Crippen LogP contribution in [0.5, 0.6) is 0 Å². The maximum Gasteiger partial charge on any atom is 0.220 e. The molecule has 0 unspecified atom stereocenters. The third kappa shape index (κ3) is 13.2. The molecule has 0 aromatic heterocycles. The van der Waals surface area contributed by atoms with E-state index in [1.54, 1.807) is 0 Å². The Morgan fingerprint density at radius 3 is 2.22 bits per heavy atom. The van der Waals surface area contributed by atoms with Crippen molar-refractivity contribution >= 4 is 11.8 Å². The van der Waals surface area contributed by atoms with Gasteiger partial charge in [0, 0.05) is 25.0 Å². The fraction of sp³-hybridized carbons (Fsp3) is 0.800. The molecule has 0 aliphatic heterocycles. The first-order valence-corrected chi connectivity index (χ1v) is 9.60. The van der Waals surface area contributed by atoms with Gasteiger partial charge in [-0.2, -0.15) is 0 Å². The Bertz CT molecular complexity index is 517. The van der Waals surface area contributed by atoms with Gasteiger partial charge >= 0.3 is 0 Å². The number of nitrogens with one attached hydrogen (secondary N) is 4. The predicted molar refractivity (Wildman–Crippen MR) is 109 cm³/mol. The molecule has 0 saturated carbocycles. The molecular weight excluding hydrogens is 344 g/mol. The summed E-state index contributed by atoms with van der Waals surface area (Å²) in [7, 11) is 3.63. The van der Waals surface area contributed by atoms with Gasteiger partial charge in [0.25, 0.3) is 0 Å². The van der Waals surface area contributed by atoms with Crippen LogP contribution in [-0.2, 0) is 14.3 Å². The summed E-state index contributed by atoms with van der Waals surface area (Å²) in [6, 6.07) is 0. The summed E-state index contributed by atoms with van der Waals surface area (Å²) in [5.74, 6) is 5.88. The minimum atomic E-state index is -0.406. The van der Waals surface area contributed by atoms with Crippen molar-refractivity contribution in [3.63, 3.8) is 0 Å². The number of hydrogen-bond donors (Lipinski definition) is 4. The molecule has 0 aliphatic rings. The minimum absolute atomic E-state index is 0.0368. The van der Waals surface area contributed by atoms with Crippen molar-refractivity contribution in [3.8, 4) is 11.8 Å². The normalized spacial score (nSPS) is 11.7.